The SMILES string of the molecule is COc1ccc([C@H]2CC[C@H](CNC(=O)C3(c4ccccn4)CCC(c4cnn(C5CC5)c4)CC3)CC2)cc1C. The van der Waals surface area contributed by atoms with E-state index in [1.165, 1.54) is 42.4 Å². The number of amides is 1. The number of pyridine rings is 1. The number of benzene rings is 1. The Hall–Kier alpha value is -3.15. The van der Waals surface area contributed by atoms with Crippen LogP contribution >= 0.6 is 0 Å². The molecule has 0 unspecified atom stereocenters. The van der Waals surface area contributed by atoms with Crippen LogP contribution in [0.15, 0.2) is 55.0 Å². The molecule has 0 radical (unpaired) electrons. The van der Waals surface area contributed by atoms with Gasteiger partial charge in [-0.05, 0) is 124 Å². The predicted molar refractivity (Wildman–Crippen MR) is 153 cm³/mol. The summed E-state index contributed by atoms with van der Waals surface area (Å²) < 4.78 is 7.59. The van der Waals surface area contributed by atoms with Crippen molar-refractivity contribution in [3.05, 3.63) is 77.4 Å². The Balaban J connectivity index is 1.07. The van der Waals surface area contributed by atoms with Crippen molar-refractivity contribution in [3.8, 4) is 5.75 Å². The van der Waals surface area contributed by atoms with E-state index in [-0.39, 0.29) is 5.91 Å². The van der Waals surface area contributed by atoms with Crippen molar-refractivity contribution in [2.75, 3.05) is 13.7 Å². The van der Waals surface area contributed by atoms with Crippen molar-refractivity contribution in [2.45, 2.75) is 94.4 Å². The molecule has 0 spiro atoms. The molecule has 206 valence electrons. The van der Waals surface area contributed by atoms with Crippen LogP contribution in [-0.4, -0.2) is 34.3 Å². The second-order valence-electron chi connectivity index (χ2n) is 12.2. The topological polar surface area (TPSA) is 69.0 Å². The maximum Gasteiger partial charge on any atom is 0.232 e. The Morgan fingerprint density at radius 2 is 1.77 bits per heavy atom. The second kappa shape index (κ2) is 11.1. The van der Waals surface area contributed by atoms with Gasteiger partial charge in [-0.3, -0.25) is 14.5 Å². The van der Waals surface area contributed by atoms with Gasteiger partial charge in [0.05, 0.1) is 30.5 Å². The predicted octanol–water partition coefficient (Wildman–Crippen LogP) is 6.62. The Kier molecular flexibility index (Phi) is 7.46. The maximum absolute atomic E-state index is 13.9. The van der Waals surface area contributed by atoms with E-state index in [0.29, 0.717) is 23.8 Å². The van der Waals surface area contributed by atoms with Gasteiger partial charge in [-0.25, -0.2) is 0 Å². The average molecular weight is 527 g/mol. The van der Waals surface area contributed by atoms with Gasteiger partial charge in [0.25, 0.3) is 0 Å². The summed E-state index contributed by atoms with van der Waals surface area (Å²) in [5, 5.41) is 8.03. The molecule has 3 aromatic rings. The highest BCUT2D eigenvalue weighted by Gasteiger charge is 2.45. The molecule has 1 N–H and O–H groups in total. The summed E-state index contributed by atoms with van der Waals surface area (Å²) in [6.07, 6.45) is 16.9. The zero-order valence-electron chi connectivity index (χ0n) is 23.4. The number of rotatable bonds is 8. The van der Waals surface area contributed by atoms with E-state index in [1.54, 1.807) is 7.11 Å². The number of hydrogen-bond acceptors (Lipinski definition) is 4. The number of methoxy groups -OCH3 is 1. The van der Waals surface area contributed by atoms with Gasteiger partial charge in [0.1, 0.15) is 5.75 Å². The number of carbonyl (C=O) groups is 1. The molecular formula is C33H42N4O2. The van der Waals surface area contributed by atoms with E-state index in [0.717, 1.165) is 56.5 Å². The van der Waals surface area contributed by atoms with Crippen LogP contribution in [0, 0.1) is 12.8 Å². The van der Waals surface area contributed by atoms with E-state index in [1.807, 2.05) is 24.4 Å². The van der Waals surface area contributed by atoms with Gasteiger partial charge in [0, 0.05) is 18.9 Å². The van der Waals surface area contributed by atoms with Crippen LogP contribution in [0.4, 0.5) is 0 Å². The molecule has 0 aliphatic heterocycles. The standard InChI is InChI=1S/C33H42N4O2/c1-23-19-27(10-13-30(23)39-2)25-8-6-24(7-9-25)20-35-32(38)33(31-5-3-4-18-34-31)16-14-26(15-17-33)28-21-36-37(22-28)29-11-12-29/h3-5,10,13,18-19,21-22,24-26,29H,6-9,11-12,14-17,20H2,1-2H3,(H,35,38)/t24-,25-,26?,33?. The summed E-state index contributed by atoms with van der Waals surface area (Å²) in [6, 6.07) is 13.2. The lowest BCUT2D eigenvalue weighted by Crippen LogP contribution is -2.48. The molecule has 3 saturated carbocycles. The minimum absolute atomic E-state index is 0.168. The van der Waals surface area contributed by atoms with Crippen LogP contribution < -0.4 is 10.1 Å². The Morgan fingerprint density at radius 3 is 2.44 bits per heavy atom. The summed E-state index contributed by atoms with van der Waals surface area (Å²) in [4.78, 5) is 18.6. The first-order valence-electron chi connectivity index (χ1n) is 14.9. The zero-order valence-corrected chi connectivity index (χ0v) is 23.4. The zero-order chi connectivity index (χ0) is 26.8. The van der Waals surface area contributed by atoms with Gasteiger partial charge in [0.2, 0.25) is 5.91 Å². The normalized spacial score (nSPS) is 27.2. The van der Waals surface area contributed by atoms with Crippen LogP contribution in [0.1, 0.15) is 104 Å². The van der Waals surface area contributed by atoms with Crippen molar-refractivity contribution in [2.24, 2.45) is 5.92 Å². The molecule has 1 aromatic carbocycles. The Morgan fingerprint density at radius 1 is 1.00 bits per heavy atom. The van der Waals surface area contributed by atoms with Crippen LogP contribution in [0.5, 0.6) is 5.75 Å². The summed E-state index contributed by atoms with van der Waals surface area (Å²) in [5.41, 5.74) is 4.34. The molecule has 3 aliphatic rings. The fourth-order valence-electron chi connectivity index (χ4n) is 7.05. The number of hydrogen-bond donors (Lipinski definition) is 1. The molecule has 0 bridgehead atoms. The highest BCUT2D eigenvalue weighted by molar-refractivity contribution is 5.88. The molecule has 6 nitrogen and oxygen atoms in total. The molecule has 0 saturated heterocycles. The lowest BCUT2D eigenvalue weighted by atomic mass is 9.66. The van der Waals surface area contributed by atoms with E-state index >= 15 is 0 Å². The third kappa shape index (κ3) is 5.48. The van der Waals surface area contributed by atoms with E-state index < -0.39 is 5.41 Å². The smallest absolute Gasteiger partial charge is 0.232 e. The van der Waals surface area contributed by atoms with Crippen LogP contribution in [0.3, 0.4) is 0 Å². The van der Waals surface area contributed by atoms with E-state index in [4.69, 9.17) is 9.72 Å². The van der Waals surface area contributed by atoms with Gasteiger partial charge < -0.3 is 10.1 Å². The molecule has 2 heterocycles. The summed E-state index contributed by atoms with van der Waals surface area (Å²) in [7, 11) is 1.73. The molecule has 1 amide bonds. The summed E-state index contributed by atoms with van der Waals surface area (Å²) in [6.45, 7) is 2.88. The number of aromatic nitrogens is 3. The first-order valence-corrected chi connectivity index (χ1v) is 14.9. The summed E-state index contributed by atoms with van der Waals surface area (Å²) >= 11 is 0. The van der Waals surface area contributed by atoms with Crippen molar-refractivity contribution in [1.29, 1.82) is 0 Å². The number of nitrogens with one attached hydrogen (secondary N) is 1. The monoisotopic (exact) mass is 526 g/mol. The largest absolute Gasteiger partial charge is 0.496 e. The first kappa shape index (κ1) is 26.1. The molecule has 2 aromatic heterocycles. The fourth-order valence-corrected chi connectivity index (χ4v) is 7.05. The molecule has 0 atom stereocenters. The third-order valence-electron chi connectivity index (χ3n) is 9.73. The highest BCUT2D eigenvalue weighted by atomic mass is 16.5. The van der Waals surface area contributed by atoms with E-state index in [9.17, 15) is 4.79 Å². The van der Waals surface area contributed by atoms with Crippen LogP contribution in [0.2, 0.25) is 0 Å². The highest BCUT2D eigenvalue weighted by Crippen LogP contribution is 2.45. The molecule has 6 heteroatoms. The molecular weight excluding hydrogens is 484 g/mol. The van der Waals surface area contributed by atoms with Crippen molar-refractivity contribution in [3.63, 3.8) is 0 Å². The van der Waals surface area contributed by atoms with Crippen molar-refractivity contribution < 1.29 is 9.53 Å². The Bertz CT molecular complexity index is 1270. The van der Waals surface area contributed by atoms with Crippen LogP contribution in [0.25, 0.3) is 0 Å². The number of ether oxygens (including phenoxy) is 1. The molecule has 3 fully saturated rings. The maximum atomic E-state index is 13.9. The minimum Gasteiger partial charge on any atom is -0.496 e. The van der Waals surface area contributed by atoms with Gasteiger partial charge in [-0.2, -0.15) is 5.10 Å². The van der Waals surface area contributed by atoms with Gasteiger partial charge in [0.15, 0.2) is 0 Å². The minimum atomic E-state index is -0.540. The second-order valence-corrected chi connectivity index (χ2v) is 12.2. The number of carbonyl (C=O) groups excluding carboxylic acids is 1. The Labute approximate surface area is 232 Å². The van der Waals surface area contributed by atoms with Gasteiger partial charge in [-0.15, -0.1) is 0 Å². The number of nitrogens with zero attached hydrogens (tertiary/aromatic N) is 3. The average Bonchev–Trinajstić information content (AvgIpc) is 3.72. The fraction of sp³-hybridized carbons (Fsp3) is 0.545. The molecule has 6 rings (SSSR count). The van der Waals surface area contributed by atoms with Crippen molar-refractivity contribution in [1.82, 2.24) is 20.1 Å². The van der Waals surface area contributed by atoms with E-state index in [2.05, 4.69) is 52.6 Å². The quantitative estimate of drug-likeness (QED) is 0.358. The third-order valence-corrected chi connectivity index (χ3v) is 9.73. The van der Waals surface area contributed by atoms with Crippen LogP contribution in [-0.2, 0) is 10.2 Å². The lowest BCUT2D eigenvalue weighted by Gasteiger charge is -2.39. The number of aryl methyl sites for hydroxylation is 1. The van der Waals surface area contributed by atoms with Gasteiger partial charge in [-0.1, -0.05) is 18.2 Å². The first-order chi connectivity index (χ1) is 19.1. The van der Waals surface area contributed by atoms with Gasteiger partial charge >= 0.3 is 0 Å². The molecule has 39 heavy (non-hydrogen) atoms. The molecule has 3 aliphatic carbocycles. The summed E-state index contributed by atoms with van der Waals surface area (Å²) in [5.74, 6) is 2.73. The van der Waals surface area contributed by atoms with Crippen molar-refractivity contribution >= 4 is 5.91 Å². The lowest BCUT2D eigenvalue weighted by molar-refractivity contribution is -0.128.